The highest BCUT2D eigenvalue weighted by Gasteiger charge is 2.22. The number of aliphatic hydroxyl groups excluding tert-OH is 1. The number of methoxy groups -OCH3 is 2. The second-order valence-electron chi connectivity index (χ2n) is 5.23. The van der Waals surface area contributed by atoms with E-state index in [2.05, 4.69) is 4.98 Å². The van der Waals surface area contributed by atoms with E-state index >= 15 is 0 Å². The highest BCUT2D eigenvalue weighted by molar-refractivity contribution is 5.89. The van der Waals surface area contributed by atoms with Crippen LogP contribution in [0.15, 0.2) is 30.5 Å². The number of rotatable bonds is 7. The number of phenolic OH excluding ortho intramolecular Hbond substituents is 1. The molecule has 1 aromatic heterocycles. The monoisotopic (exact) mass is 349 g/mol. The topological polar surface area (TPSA) is 118 Å². The van der Waals surface area contributed by atoms with Gasteiger partial charge in [-0.25, -0.2) is 9.78 Å². The third-order valence-corrected chi connectivity index (χ3v) is 3.57. The molecule has 8 nitrogen and oxygen atoms in total. The van der Waals surface area contributed by atoms with Crippen LogP contribution in [0.3, 0.4) is 0 Å². The highest BCUT2D eigenvalue weighted by Crippen LogP contribution is 2.38. The minimum atomic E-state index is -1.20. The third-order valence-electron chi connectivity index (χ3n) is 3.57. The zero-order valence-electron chi connectivity index (χ0n) is 14.0. The number of ether oxygens (including phenoxy) is 3. The van der Waals surface area contributed by atoms with Gasteiger partial charge in [-0.05, 0) is 25.1 Å². The molecular weight excluding hydrogens is 330 g/mol. The van der Waals surface area contributed by atoms with Crippen LogP contribution in [-0.4, -0.2) is 46.6 Å². The number of aromatic hydroxyl groups is 1. The van der Waals surface area contributed by atoms with Crippen molar-refractivity contribution in [2.75, 3.05) is 14.2 Å². The average molecular weight is 349 g/mol. The summed E-state index contributed by atoms with van der Waals surface area (Å²) < 4.78 is 15.5. The maximum atomic E-state index is 11.2. The number of nitrogens with zero attached hydrogens (tertiary/aromatic N) is 1. The van der Waals surface area contributed by atoms with Crippen LogP contribution in [0.2, 0.25) is 0 Å². The van der Waals surface area contributed by atoms with Gasteiger partial charge in [0.2, 0.25) is 11.6 Å². The molecule has 0 aliphatic carbocycles. The number of hydrogen-bond donors (Lipinski definition) is 3. The van der Waals surface area contributed by atoms with Crippen LogP contribution in [0.4, 0.5) is 0 Å². The molecule has 2 aromatic rings. The summed E-state index contributed by atoms with van der Waals surface area (Å²) in [6, 6.07) is 5.57. The molecule has 1 aromatic carbocycles. The van der Waals surface area contributed by atoms with Crippen LogP contribution < -0.4 is 14.2 Å². The first-order valence-electron chi connectivity index (χ1n) is 7.36. The number of carbonyl (C=O) groups is 1. The molecule has 0 bridgehead atoms. The van der Waals surface area contributed by atoms with Gasteiger partial charge in [0.1, 0.15) is 12.2 Å². The third kappa shape index (κ3) is 4.10. The molecule has 2 atom stereocenters. The van der Waals surface area contributed by atoms with Crippen LogP contribution >= 0.6 is 0 Å². The number of carboxylic acids is 1. The van der Waals surface area contributed by atoms with Gasteiger partial charge in [0.05, 0.1) is 19.8 Å². The Balaban J connectivity index is 2.24. The lowest BCUT2D eigenvalue weighted by molar-refractivity contribution is 0.0445. The summed E-state index contributed by atoms with van der Waals surface area (Å²) in [7, 11) is 2.78. The van der Waals surface area contributed by atoms with Crippen LogP contribution in [0.25, 0.3) is 0 Å². The summed E-state index contributed by atoms with van der Waals surface area (Å²) in [5, 5.41) is 29.6. The van der Waals surface area contributed by atoms with E-state index < -0.39 is 18.2 Å². The molecular formula is C17H19NO7. The van der Waals surface area contributed by atoms with Gasteiger partial charge in [0.15, 0.2) is 11.5 Å². The SMILES string of the molecule is COc1ccc(C(O)C(C)Oc2cc(C(=O)O)cc(OC)c2O)cn1. The van der Waals surface area contributed by atoms with Crippen LogP contribution in [-0.2, 0) is 0 Å². The van der Waals surface area contributed by atoms with E-state index in [1.54, 1.807) is 19.1 Å². The summed E-state index contributed by atoms with van der Waals surface area (Å²) in [5.74, 6) is -1.29. The number of carboxylic acid groups (broad SMARTS) is 1. The highest BCUT2D eigenvalue weighted by atomic mass is 16.5. The van der Waals surface area contributed by atoms with E-state index in [1.165, 1.54) is 26.5 Å². The maximum absolute atomic E-state index is 11.2. The maximum Gasteiger partial charge on any atom is 0.335 e. The smallest absolute Gasteiger partial charge is 0.335 e. The number of benzene rings is 1. The van der Waals surface area contributed by atoms with Gasteiger partial charge < -0.3 is 29.5 Å². The van der Waals surface area contributed by atoms with Gasteiger partial charge in [-0.15, -0.1) is 0 Å². The number of aliphatic hydroxyl groups is 1. The van der Waals surface area contributed by atoms with Crippen molar-refractivity contribution in [2.45, 2.75) is 19.1 Å². The average Bonchev–Trinajstić information content (AvgIpc) is 2.62. The normalized spacial score (nSPS) is 13.0. The Morgan fingerprint density at radius 3 is 2.36 bits per heavy atom. The quantitative estimate of drug-likeness (QED) is 0.694. The van der Waals surface area contributed by atoms with Crippen molar-refractivity contribution < 1.29 is 34.3 Å². The molecule has 2 unspecified atom stereocenters. The summed E-state index contributed by atoms with van der Waals surface area (Å²) >= 11 is 0. The van der Waals surface area contributed by atoms with Crippen molar-refractivity contribution in [2.24, 2.45) is 0 Å². The molecule has 0 saturated heterocycles. The van der Waals surface area contributed by atoms with Gasteiger partial charge in [-0.1, -0.05) is 0 Å². The minimum absolute atomic E-state index is 0.0392. The first kappa shape index (κ1) is 18.3. The first-order valence-corrected chi connectivity index (χ1v) is 7.36. The van der Waals surface area contributed by atoms with Crippen molar-refractivity contribution in [1.29, 1.82) is 0 Å². The van der Waals surface area contributed by atoms with Crippen LogP contribution in [0.5, 0.6) is 23.1 Å². The largest absolute Gasteiger partial charge is 0.502 e. The summed E-state index contributed by atoms with van der Waals surface area (Å²) in [4.78, 5) is 15.2. The molecule has 0 amide bonds. The van der Waals surface area contributed by atoms with E-state index in [0.29, 0.717) is 11.4 Å². The second-order valence-corrected chi connectivity index (χ2v) is 5.23. The molecule has 0 aliphatic rings. The van der Waals surface area contributed by atoms with Gasteiger partial charge in [-0.2, -0.15) is 0 Å². The number of phenols is 1. The van der Waals surface area contributed by atoms with E-state index in [-0.39, 0.29) is 22.8 Å². The fourth-order valence-corrected chi connectivity index (χ4v) is 2.17. The Labute approximate surface area is 144 Å². The number of hydrogen-bond acceptors (Lipinski definition) is 7. The lowest BCUT2D eigenvalue weighted by Crippen LogP contribution is -2.22. The first-order chi connectivity index (χ1) is 11.9. The molecule has 0 spiro atoms. The van der Waals surface area contributed by atoms with Crippen molar-refractivity contribution in [3.8, 4) is 23.1 Å². The number of aromatic carboxylic acids is 1. The number of pyridine rings is 1. The van der Waals surface area contributed by atoms with Crippen LogP contribution in [0.1, 0.15) is 28.9 Å². The lowest BCUT2D eigenvalue weighted by Gasteiger charge is -2.22. The zero-order chi connectivity index (χ0) is 18.6. The molecule has 3 N–H and O–H groups in total. The van der Waals surface area contributed by atoms with Gasteiger partial charge in [0.25, 0.3) is 0 Å². The predicted molar refractivity (Wildman–Crippen MR) is 87.5 cm³/mol. The van der Waals surface area contributed by atoms with E-state index in [9.17, 15) is 15.0 Å². The molecule has 1 heterocycles. The number of aromatic nitrogens is 1. The Morgan fingerprint density at radius 2 is 1.84 bits per heavy atom. The fraction of sp³-hybridized carbons (Fsp3) is 0.294. The van der Waals surface area contributed by atoms with Crippen LogP contribution in [0, 0.1) is 0 Å². The molecule has 2 rings (SSSR count). The lowest BCUT2D eigenvalue weighted by atomic mass is 10.1. The Bertz CT molecular complexity index is 745. The predicted octanol–water partition coefficient (Wildman–Crippen LogP) is 2.00. The molecule has 8 heteroatoms. The molecule has 134 valence electrons. The minimum Gasteiger partial charge on any atom is -0.502 e. The zero-order valence-corrected chi connectivity index (χ0v) is 14.0. The van der Waals surface area contributed by atoms with Crippen molar-refractivity contribution in [3.63, 3.8) is 0 Å². The Kier molecular flexibility index (Phi) is 5.66. The molecule has 0 fully saturated rings. The van der Waals surface area contributed by atoms with E-state index in [4.69, 9.17) is 19.3 Å². The summed E-state index contributed by atoms with van der Waals surface area (Å²) in [6.45, 7) is 1.58. The Hall–Kier alpha value is -3.00. The van der Waals surface area contributed by atoms with Crippen molar-refractivity contribution in [1.82, 2.24) is 4.98 Å². The molecule has 0 radical (unpaired) electrons. The molecule has 0 aliphatic heterocycles. The van der Waals surface area contributed by atoms with E-state index in [1.807, 2.05) is 0 Å². The van der Waals surface area contributed by atoms with Gasteiger partial charge in [-0.3, -0.25) is 0 Å². The second kappa shape index (κ2) is 7.71. The van der Waals surface area contributed by atoms with Gasteiger partial charge >= 0.3 is 5.97 Å². The van der Waals surface area contributed by atoms with Gasteiger partial charge in [0, 0.05) is 17.8 Å². The van der Waals surface area contributed by atoms with Crippen molar-refractivity contribution >= 4 is 5.97 Å². The Morgan fingerprint density at radius 1 is 1.16 bits per heavy atom. The van der Waals surface area contributed by atoms with E-state index in [0.717, 1.165) is 6.07 Å². The fourth-order valence-electron chi connectivity index (χ4n) is 2.17. The van der Waals surface area contributed by atoms with Crippen molar-refractivity contribution in [3.05, 3.63) is 41.6 Å². The summed E-state index contributed by atoms with van der Waals surface area (Å²) in [5.41, 5.74) is 0.367. The standard InChI is InChI=1S/C17H19NO7/c1-9(15(19)10-4-5-14(24-3)18-8-10)25-13-7-11(17(21)22)6-12(23-2)16(13)20/h4-9,15,19-20H,1-3H3,(H,21,22). The molecule has 0 saturated carbocycles. The molecule has 25 heavy (non-hydrogen) atoms. The summed E-state index contributed by atoms with van der Waals surface area (Å²) in [6.07, 6.45) is -0.413.